The zero-order valence-corrected chi connectivity index (χ0v) is 13.1. The molecule has 0 spiro atoms. The second-order valence-electron chi connectivity index (χ2n) is 4.30. The van der Waals surface area contributed by atoms with Crippen LogP contribution < -0.4 is 4.72 Å². The highest BCUT2D eigenvalue weighted by atomic mass is 79.9. The van der Waals surface area contributed by atoms with E-state index in [1.54, 1.807) is 24.3 Å². The van der Waals surface area contributed by atoms with Crippen LogP contribution in [0.1, 0.15) is 11.1 Å². The number of hydrogen-bond donors (Lipinski definition) is 1. The molecule has 2 aromatic rings. The van der Waals surface area contributed by atoms with Crippen molar-refractivity contribution in [3.8, 4) is 6.07 Å². The van der Waals surface area contributed by atoms with Crippen LogP contribution in [0.4, 0.5) is 10.1 Å². The lowest BCUT2D eigenvalue weighted by Crippen LogP contribution is -2.15. The quantitative estimate of drug-likeness (QED) is 0.898. The molecule has 1 N–H and O–H groups in total. The average Bonchev–Trinajstić information content (AvgIpc) is 2.43. The summed E-state index contributed by atoms with van der Waals surface area (Å²) >= 11 is 3.00. The van der Waals surface area contributed by atoms with Crippen LogP contribution in [0, 0.1) is 17.1 Å². The zero-order chi connectivity index (χ0) is 15.5. The third kappa shape index (κ3) is 4.28. The van der Waals surface area contributed by atoms with Crippen molar-refractivity contribution in [2.75, 3.05) is 4.72 Å². The molecular formula is C14H10BrFN2O2S. The molecule has 0 aromatic heterocycles. The Balaban J connectivity index is 2.14. The molecule has 7 heteroatoms. The molecular weight excluding hydrogens is 359 g/mol. The number of nitrogens with zero attached hydrogens (tertiary/aromatic N) is 1. The minimum atomic E-state index is -3.61. The van der Waals surface area contributed by atoms with Gasteiger partial charge in [0.1, 0.15) is 5.82 Å². The van der Waals surface area contributed by atoms with Crippen LogP contribution in [0.3, 0.4) is 0 Å². The van der Waals surface area contributed by atoms with E-state index in [-0.39, 0.29) is 15.9 Å². The van der Waals surface area contributed by atoms with E-state index < -0.39 is 15.8 Å². The third-order valence-electron chi connectivity index (χ3n) is 2.63. The molecule has 0 amide bonds. The van der Waals surface area contributed by atoms with E-state index in [0.29, 0.717) is 11.1 Å². The highest BCUT2D eigenvalue weighted by Gasteiger charge is 2.12. The van der Waals surface area contributed by atoms with Crippen LogP contribution in [0.15, 0.2) is 46.9 Å². The van der Waals surface area contributed by atoms with Crippen LogP contribution in [-0.4, -0.2) is 8.42 Å². The van der Waals surface area contributed by atoms with Crippen molar-refractivity contribution in [2.24, 2.45) is 0 Å². The largest absolute Gasteiger partial charge is 0.283 e. The summed E-state index contributed by atoms with van der Waals surface area (Å²) in [4.78, 5) is 0. The SMILES string of the molecule is N#Cc1ccc(CS(=O)(=O)Nc2ccc(F)c(Br)c2)cc1. The maximum absolute atomic E-state index is 13.1. The van der Waals surface area contributed by atoms with Crippen molar-refractivity contribution < 1.29 is 12.8 Å². The maximum atomic E-state index is 13.1. The average molecular weight is 369 g/mol. The Morgan fingerprint density at radius 1 is 1.19 bits per heavy atom. The number of rotatable bonds is 4. The molecule has 2 aromatic carbocycles. The summed E-state index contributed by atoms with van der Waals surface area (Å²) in [5.41, 5.74) is 1.30. The van der Waals surface area contributed by atoms with Gasteiger partial charge in [0.2, 0.25) is 10.0 Å². The van der Waals surface area contributed by atoms with E-state index in [4.69, 9.17) is 5.26 Å². The van der Waals surface area contributed by atoms with Crippen molar-refractivity contribution in [3.05, 3.63) is 63.9 Å². The molecule has 0 saturated heterocycles. The number of nitrogens with one attached hydrogen (secondary N) is 1. The summed E-state index contributed by atoms with van der Waals surface area (Å²) in [6.07, 6.45) is 0. The van der Waals surface area contributed by atoms with E-state index in [9.17, 15) is 12.8 Å². The Bertz CT molecular complexity index is 799. The maximum Gasteiger partial charge on any atom is 0.236 e. The summed E-state index contributed by atoms with van der Waals surface area (Å²) in [5, 5.41) is 8.69. The number of sulfonamides is 1. The summed E-state index contributed by atoms with van der Waals surface area (Å²) < 4.78 is 39.7. The molecule has 108 valence electrons. The smallest absolute Gasteiger partial charge is 0.236 e. The number of halogens is 2. The van der Waals surface area contributed by atoms with Crippen LogP contribution in [0.2, 0.25) is 0 Å². The standard InChI is InChI=1S/C14H10BrFN2O2S/c15-13-7-12(5-6-14(13)16)18-21(19,20)9-11-3-1-10(8-17)2-4-11/h1-7,18H,9H2. The van der Waals surface area contributed by atoms with E-state index in [1.807, 2.05) is 6.07 Å². The first kappa shape index (κ1) is 15.5. The molecule has 0 heterocycles. The summed E-state index contributed by atoms with van der Waals surface area (Å²) in [7, 11) is -3.61. The second-order valence-corrected chi connectivity index (χ2v) is 6.88. The van der Waals surface area contributed by atoms with Crippen molar-refractivity contribution in [3.63, 3.8) is 0 Å². The minimum Gasteiger partial charge on any atom is -0.283 e. The summed E-state index contributed by atoms with van der Waals surface area (Å²) in [6.45, 7) is 0. The minimum absolute atomic E-state index is 0.182. The predicted octanol–water partition coefficient (Wildman–Crippen LogP) is 3.40. The first-order chi connectivity index (χ1) is 9.89. The van der Waals surface area contributed by atoms with Gasteiger partial charge in [-0.15, -0.1) is 0 Å². The van der Waals surface area contributed by atoms with Crippen molar-refractivity contribution in [2.45, 2.75) is 5.75 Å². The third-order valence-corrected chi connectivity index (χ3v) is 4.50. The summed E-state index contributed by atoms with van der Waals surface area (Å²) in [5.74, 6) is -0.696. The first-order valence-electron chi connectivity index (χ1n) is 5.84. The van der Waals surface area contributed by atoms with Gasteiger partial charge in [0, 0.05) is 5.69 Å². The molecule has 0 aliphatic heterocycles. The fraction of sp³-hybridized carbons (Fsp3) is 0.0714. The molecule has 0 bridgehead atoms. The Morgan fingerprint density at radius 3 is 2.43 bits per heavy atom. The fourth-order valence-electron chi connectivity index (χ4n) is 1.67. The van der Waals surface area contributed by atoms with Crippen molar-refractivity contribution in [1.29, 1.82) is 5.26 Å². The highest BCUT2D eigenvalue weighted by molar-refractivity contribution is 9.10. The van der Waals surface area contributed by atoms with Gasteiger partial charge in [-0.25, -0.2) is 12.8 Å². The molecule has 4 nitrogen and oxygen atoms in total. The number of hydrogen-bond acceptors (Lipinski definition) is 3. The Labute approximate surface area is 130 Å². The monoisotopic (exact) mass is 368 g/mol. The summed E-state index contributed by atoms with van der Waals surface area (Å²) in [6, 6.07) is 12.1. The van der Waals surface area contributed by atoms with E-state index >= 15 is 0 Å². The Hall–Kier alpha value is -1.91. The van der Waals surface area contributed by atoms with Crippen molar-refractivity contribution in [1.82, 2.24) is 0 Å². The van der Waals surface area contributed by atoms with Gasteiger partial charge in [0.15, 0.2) is 0 Å². The van der Waals surface area contributed by atoms with E-state index in [2.05, 4.69) is 20.7 Å². The van der Waals surface area contributed by atoms with Gasteiger partial charge in [-0.05, 0) is 51.8 Å². The molecule has 2 rings (SSSR count). The molecule has 0 aliphatic carbocycles. The van der Waals surface area contributed by atoms with Crippen LogP contribution in [0.25, 0.3) is 0 Å². The van der Waals surface area contributed by atoms with Gasteiger partial charge < -0.3 is 0 Å². The lowest BCUT2D eigenvalue weighted by atomic mass is 10.2. The highest BCUT2D eigenvalue weighted by Crippen LogP contribution is 2.21. The molecule has 0 fully saturated rings. The second kappa shape index (κ2) is 6.24. The van der Waals surface area contributed by atoms with Gasteiger partial charge in [-0.3, -0.25) is 4.72 Å². The van der Waals surface area contributed by atoms with E-state index in [0.717, 1.165) is 0 Å². The Kier molecular flexibility index (Phi) is 4.60. The molecule has 0 atom stereocenters. The van der Waals surface area contributed by atoms with Crippen molar-refractivity contribution >= 4 is 31.6 Å². The number of nitriles is 1. The fourth-order valence-corrected chi connectivity index (χ4v) is 3.24. The molecule has 0 unspecified atom stereocenters. The first-order valence-corrected chi connectivity index (χ1v) is 8.29. The van der Waals surface area contributed by atoms with Gasteiger partial charge in [0.25, 0.3) is 0 Å². The lowest BCUT2D eigenvalue weighted by Gasteiger charge is -2.09. The molecule has 0 radical (unpaired) electrons. The molecule has 0 saturated carbocycles. The van der Waals surface area contributed by atoms with E-state index in [1.165, 1.54) is 18.2 Å². The van der Waals surface area contributed by atoms with Crippen LogP contribution in [-0.2, 0) is 15.8 Å². The predicted molar refractivity (Wildman–Crippen MR) is 81.5 cm³/mol. The van der Waals surface area contributed by atoms with Gasteiger partial charge in [-0.1, -0.05) is 12.1 Å². The zero-order valence-electron chi connectivity index (χ0n) is 10.7. The number of anilines is 1. The molecule has 21 heavy (non-hydrogen) atoms. The Morgan fingerprint density at radius 2 is 1.86 bits per heavy atom. The lowest BCUT2D eigenvalue weighted by molar-refractivity contribution is 0.600. The topological polar surface area (TPSA) is 70.0 Å². The van der Waals surface area contributed by atoms with Gasteiger partial charge in [-0.2, -0.15) is 5.26 Å². The normalized spacial score (nSPS) is 10.9. The molecule has 0 aliphatic rings. The van der Waals surface area contributed by atoms with Crippen LogP contribution >= 0.6 is 15.9 Å². The van der Waals surface area contributed by atoms with Gasteiger partial charge in [0.05, 0.1) is 21.9 Å². The number of benzene rings is 2. The van der Waals surface area contributed by atoms with Crippen LogP contribution in [0.5, 0.6) is 0 Å². The van der Waals surface area contributed by atoms with Gasteiger partial charge >= 0.3 is 0 Å².